The zero-order chi connectivity index (χ0) is 34.6. The molecule has 10 rings (SSSR count). The average molecular weight is 668 g/mol. The van der Waals surface area contributed by atoms with E-state index in [0.29, 0.717) is 11.4 Å². The number of benzene rings is 5. The summed E-state index contributed by atoms with van der Waals surface area (Å²) in [4.78, 5) is 10.9. The summed E-state index contributed by atoms with van der Waals surface area (Å²) in [6, 6.07) is 49.0. The van der Waals surface area contributed by atoms with Gasteiger partial charge in [0.2, 0.25) is 0 Å². The third kappa shape index (κ3) is 4.53. The van der Waals surface area contributed by atoms with Gasteiger partial charge in [0.25, 0.3) is 0 Å². The fourth-order valence-electron chi connectivity index (χ4n) is 8.94. The van der Waals surface area contributed by atoms with E-state index in [9.17, 15) is 5.26 Å². The molecule has 246 valence electrons. The Bertz CT molecular complexity index is 2500. The van der Waals surface area contributed by atoms with Crippen LogP contribution in [0.15, 0.2) is 181 Å². The van der Waals surface area contributed by atoms with Crippen LogP contribution in [0.4, 0.5) is 0 Å². The molecule has 3 aliphatic carbocycles. The number of nitriles is 1. The summed E-state index contributed by atoms with van der Waals surface area (Å²) in [6.45, 7) is 0. The topological polar surface area (TPSA) is 58.8 Å². The van der Waals surface area contributed by atoms with E-state index < -0.39 is 5.41 Å². The van der Waals surface area contributed by atoms with E-state index >= 15 is 0 Å². The summed E-state index contributed by atoms with van der Waals surface area (Å²) >= 11 is 0. The van der Waals surface area contributed by atoms with E-state index in [0.717, 1.165) is 69.1 Å². The lowest BCUT2D eigenvalue weighted by molar-refractivity contribution is 0.327. The smallest absolute Gasteiger partial charge is 0.160 e. The molecule has 1 spiro atoms. The highest BCUT2D eigenvalue weighted by molar-refractivity contribution is 5.92. The number of hydrogen-bond donors (Lipinski definition) is 0. The van der Waals surface area contributed by atoms with Crippen molar-refractivity contribution in [1.82, 2.24) is 9.97 Å². The van der Waals surface area contributed by atoms with Crippen molar-refractivity contribution in [2.45, 2.75) is 24.2 Å². The van der Waals surface area contributed by atoms with Crippen LogP contribution in [-0.2, 0) is 5.41 Å². The Morgan fingerprint density at radius 1 is 0.673 bits per heavy atom. The summed E-state index contributed by atoms with van der Waals surface area (Å²) in [5.41, 5.74) is 11.8. The van der Waals surface area contributed by atoms with Gasteiger partial charge >= 0.3 is 0 Å². The number of allylic oxidation sites excluding steroid dienone is 8. The summed E-state index contributed by atoms with van der Waals surface area (Å²) < 4.78 is 6.67. The number of aromatic nitrogens is 2. The average Bonchev–Trinajstić information content (AvgIpc) is 3.50. The van der Waals surface area contributed by atoms with Gasteiger partial charge in [-0.05, 0) is 41.3 Å². The van der Waals surface area contributed by atoms with E-state index in [-0.39, 0.29) is 11.8 Å². The van der Waals surface area contributed by atoms with Crippen LogP contribution in [0, 0.1) is 17.2 Å². The fourth-order valence-corrected chi connectivity index (χ4v) is 8.94. The molecular formula is C48H33N3O. The van der Waals surface area contributed by atoms with Crippen molar-refractivity contribution < 1.29 is 4.74 Å². The largest absolute Gasteiger partial charge is 0.461 e. The Hall–Kier alpha value is -6.57. The zero-order valence-corrected chi connectivity index (χ0v) is 28.4. The highest BCUT2D eigenvalue weighted by Crippen LogP contribution is 2.64. The van der Waals surface area contributed by atoms with Crippen LogP contribution in [0.25, 0.3) is 45.0 Å². The maximum atomic E-state index is 10.1. The molecule has 3 unspecified atom stereocenters. The minimum atomic E-state index is -0.557. The van der Waals surface area contributed by atoms with Gasteiger partial charge in [0.1, 0.15) is 11.5 Å². The molecule has 4 aliphatic rings. The molecule has 0 bridgehead atoms. The molecule has 0 N–H and O–H groups in total. The standard InChI is InChI=1S/C48H33N3O/c49-30-31-24-26-36-37-27-25-35(29-41(37)48(40(36)28-31)38-20-10-12-22-42(38)52-43-23-13-11-21-39(43)48)47-50-45(33-16-6-2-7-17-33)44(32-14-4-1-5-15-32)46(51-47)34-18-8-3-9-19-34/h1-12,14-22,24-29,36,40H,13,23H2. The van der Waals surface area contributed by atoms with Gasteiger partial charge in [0.15, 0.2) is 5.82 Å². The minimum Gasteiger partial charge on any atom is -0.461 e. The second-order valence-corrected chi connectivity index (χ2v) is 13.8. The lowest BCUT2D eigenvalue weighted by atomic mass is 9.60. The van der Waals surface area contributed by atoms with Crippen LogP contribution in [-0.4, -0.2) is 9.97 Å². The first-order valence-electron chi connectivity index (χ1n) is 17.9. The monoisotopic (exact) mass is 667 g/mol. The van der Waals surface area contributed by atoms with Gasteiger partial charge in [0, 0.05) is 57.2 Å². The lowest BCUT2D eigenvalue weighted by Gasteiger charge is -2.44. The summed E-state index contributed by atoms with van der Waals surface area (Å²) in [5.74, 6) is 2.66. The van der Waals surface area contributed by atoms with E-state index in [4.69, 9.17) is 14.7 Å². The van der Waals surface area contributed by atoms with Crippen molar-refractivity contribution in [2.24, 2.45) is 5.92 Å². The van der Waals surface area contributed by atoms with Crippen molar-refractivity contribution in [1.29, 1.82) is 5.26 Å². The molecule has 5 aromatic carbocycles. The second-order valence-electron chi connectivity index (χ2n) is 13.8. The normalized spacial score (nSPS) is 20.6. The quantitative estimate of drug-likeness (QED) is 0.188. The molecule has 4 nitrogen and oxygen atoms in total. The number of ether oxygens (including phenoxy) is 1. The maximum Gasteiger partial charge on any atom is 0.160 e. The molecule has 4 heteroatoms. The van der Waals surface area contributed by atoms with Gasteiger partial charge in [0.05, 0.1) is 22.9 Å². The number of rotatable bonds is 4. The van der Waals surface area contributed by atoms with Crippen molar-refractivity contribution >= 4 is 0 Å². The van der Waals surface area contributed by atoms with E-state index in [2.05, 4.69) is 146 Å². The van der Waals surface area contributed by atoms with Gasteiger partial charge in [-0.1, -0.05) is 146 Å². The molecule has 0 fully saturated rings. The Kier molecular flexibility index (Phi) is 7.01. The van der Waals surface area contributed by atoms with Crippen LogP contribution in [0.1, 0.15) is 35.4 Å². The van der Waals surface area contributed by atoms with Gasteiger partial charge in [-0.2, -0.15) is 5.26 Å². The van der Waals surface area contributed by atoms with E-state index in [1.54, 1.807) is 0 Å². The summed E-state index contributed by atoms with van der Waals surface area (Å²) in [7, 11) is 0. The Morgan fingerprint density at radius 3 is 2.02 bits per heavy atom. The number of nitrogens with zero attached hydrogens (tertiary/aromatic N) is 3. The highest BCUT2D eigenvalue weighted by Gasteiger charge is 2.57. The van der Waals surface area contributed by atoms with Gasteiger partial charge < -0.3 is 4.74 Å². The first kappa shape index (κ1) is 30.3. The predicted molar refractivity (Wildman–Crippen MR) is 206 cm³/mol. The first-order valence-corrected chi connectivity index (χ1v) is 17.9. The van der Waals surface area contributed by atoms with Crippen molar-refractivity contribution in [3.63, 3.8) is 0 Å². The Labute approximate surface area is 303 Å². The van der Waals surface area contributed by atoms with E-state index in [1.165, 1.54) is 16.7 Å². The van der Waals surface area contributed by atoms with Crippen molar-refractivity contribution in [3.8, 4) is 56.8 Å². The van der Waals surface area contributed by atoms with Crippen molar-refractivity contribution in [2.75, 3.05) is 0 Å². The molecule has 52 heavy (non-hydrogen) atoms. The third-order valence-corrected chi connectivity index (χ3v) is 11.1. The minimum absolute atomic E-state index is 0.00339. The molecule has 1 aliphatic heterocycles. The van der Waals surface area contributed by atoms with Crippen LogP contribution < -0.4 is 4.74 Å². The Balaban J connectivity index is 1.27. The molecule has 3 atom stereocenters. The maximum absolute atomic E-state index is 10.1. The molecule has 0 saturated heterocycles. The summed E-state index contributed by atoms with van der Waals surface area (Å²) in [6.07, 6.45) is 12.7. The third-order valence-electron chi connectivity index (χ3n) is 11.1. The SMILES string of the molecule is N#CC1=CC2C(C=C1)c1ccc(-c3nc(-c4ccccc4)c(-c4ccccc4)c(-c4ccccc4)n3)cc1C21C2=C(CCC=C2)Oc2ccccc21. The molecule has 6 aromatic rings. The molecule has 2 heterocycles. The summed E-state index contributed by atoms with van der Waals surface area (Å²) in [5, 5.41) is 10.1. The van der Waals surface area contributed by atoms with Gasteiger partial charge in [-0.25, -0.2) is 9.97 Å². The fraction of sp³-hybridized carbons (Fsp3) is 0.104. The highest BCUT2D eigenvalue weighted by atomic mass is 16.5. The first-order chi connectivity index (χ1) is 25.7. The number of hydrogen-bond acceptors (Lipinski definition) is 4. The molecular weight excluding hydrogens is 635 g/mol. The van der Waals surface area contributed by atoms with Crippen LogP contribution in [0.3, 0.4) is 0 Å². The lowest BCUT2D eigenvalue weighted by Crippen LogP contribution is -2.40. The second kappa shape index (κ2) is 12.0. The van der Waals surface area contributed by atoms with Crippen LogP contribution in [0.2, 0.25) is 0 Å². The molecule has 0 saturated carbocycles. The zero-order valence-electron chi connectivity index (χ0n) is 28.4. The van der Waals surface area contributed by atoms with Crippen LogP contribution >= 0.6 is 0 Å². The van der Waals surface area contributed by atoms with Crippen LogP contribution in [0.5, 0.6) is 5.75 Å². The number of para-hydroxylation sites is 1. The molecule has 0 amide bonds. The molecule has 0 radical (unpaired) electrons. The molecule has 1 aromatic heterocycles. The number of fused-ring (bicyclic) bond motifs is 8. The predicted octanol–water partition coefficient (Wildman–Crippen LogP) is 11.2. The van der Waals surface area contributed by atoms with E-state index in [1.807, 2.05) is 24.3 Å². The Morgan fingerprint density at radius 2 is 1.33 bits per heavy atom. The van der Waals surface area contributed by atoms with Gasteiger partial charge in [-0.15, -0.1) is 0 Å². The van der Waals surface area contributed by atoms with Crippen molar-refractivity contribution in [3.05, 3.63) is 197 Å². The van der Waals surface area contributed by atoms with Gasteiger partial charge in [-0.3, -0.25) is 0 Å².